The van der Waals surface area contributed by atoms with Gasteiger partial charge >= 0.3 is 5.97 Å². The third-order valence-electron chi connectivity index (χ3n) is 5.67. The Hall–Kier alpha value is -3.45. The maximum atomic E-state index is 13.6. The van der Waals surface area contributed by atoms with Gasteiger partial charge < -0.3 is 9.47 Å². The molecule has 1 atom stereocenters. The zero-order valence-corrected chi connectivity index (χ0v) is 21.5. The molecular formula is C28H30N2O4S. The SMILES string of the molecule is CCOC(=O)C1=C(C)N=c2s/c(=C/c3ccc(OCC(C)C)cc3)c(=O)n2[C@@H]1c1ccc(C)cc1. The minimum Gasteiger partial charge on any atom is -0.493 e. The molecule has 1 aliphatic rings. The number of carbonyl (C=O) groups excluding carboxylic acids is 1. The molecule has 0 bridgehead atoms. The molecule has 35 heavy (non-hydrogen) atoms. The Balaban J connectivity index is 1.80. The predicted octanol–water partition coefficient (Wildman–Crippen LogP) is 4.14. The summed E-state index contributed by atoms with van der Waals surface area (Å²) >= 11 is 1.32. The number of esters is 1. The lowest BCUT2D eigenvalue weighted by Crippen LogP contribution is -2.39. The van der Waals surface area contributed by atoms with E-state index >= 15 is 0 Å². The van der Waals surface area contributed by atoms with Crippen molar-refractivity contribution in [1.82, 2.24) is 4.57 Å². The largest absolute Gasteiger partial charge is 0.493 e. The van der Waals surface area contributed by atoms with E-state index in [1.807, 2.05) is 61.5 Å². The van der Waals surface area contributed by atoms with E-state index in [0.717, 1.165) is 22.4 Å². The quantitative estimate of drug-likeness (QED) is 0.467. The van der Waals surface area contributed by atoms with Crippen LogP contribution < -0.4 is 19.6 Å². The van der Waals surface area contributed by atoms with Crippen molar-refractivity contribution in [3.8, 4) is 5.75 Å². The van der Waals surface area contributed by atoms with Crippen molar-refractivity contribution >= 4 is 23.4 Å². The highest BCUT2D eigenvalue weighted by Crippen LogP contribution is 2.30. The fraction of sp³-hybridized carbons (Fsp3) is 0.321. The van der Waals surface area contributed by atoms with Gasteiger partial charge in [-0.25, -0.2) is 9.79 Å². The molecule has 2 heterocycles. The molecule has 0 radical (unpaired) electrons. The summed E-state index contributed by atoms with van der Waals surface area (Å²) in [6, 6.07) is 14.9. The van der Waals surface area contributed by atoms with Crippen molar-refractivity contribution in [2.24, 2.45) is 10.9 Å². The Morgan fingerprint density at radius 1 is 1.11 bits per heavy atom. The molecule has 0 saturated carbocycles. The van der Waals surface area contributed by atoms with Gasteiger partial charge in [0.25, 0.3) is 5.56 Å². The molecule has 3 aromatic rings. The first kappa shape index (κ1) is 24.7. The van der Waals surface area contributed by atoms with Crippen LogP contribution in [-0.4, -0.2) is 23.8 Å². The lowest BCUT2D eigenvalue weighted by molar-refractivity contribution is -0.139. The van der Waals surface area contributed by atoms with Crippen LogP contribution in [0.15, 0.2) is 69.6 Å². The number of ether oxygens (including phenoxy) is 2. The number of aryl methyl sites for hydroxylation is 1. The lowest BCUT2D eigenvalue weighted by atomic mass is 9.95. The Labute approximate surface area is 208 Å². The molecular weight excluding hydrogens is 460 g/mol. The van der Waals surface area contributed by atoms with Gasteiger partial charge in [0.05, 0.1) is 35.1 Å². The number of fused-ring (bicyclic) bond motifs is 1. The molecule has 4 rings (SSSR count). The van der Waals surface area contributed by atoms with E-state index in [1.165, 1.54) is 11.3 Å². The zero-order chi connectivity index (χ0) is 25.1. The topological polar surface area (TPSA) is 69.9 Å². The van der Waals surface area contributed by atoms with Gasteiger partial charge in [-0.2, -0.15) is 0 Å². The van der Waals surface area contributed by atoms with E-state index in [-0.39, 0.29) is 12.2 Å². The van der Waals surface area contributed by atoms with Gasteiger partial charge in [-0.05, 0) is 56.0 Å². The third-order valence-corrected chi connectivity index (χ3v) is 6.65. The second kappa shape index (κ2) is 10.4. The van der Waals surface area contributed by atoms with Crippen LogP contribution in [0.3, 0.4) is 0 Å². The van der Waals surface area contributed by atoms with Crippen LogP contribution in [0.25, 0.3) is 6.08 Å². The van der Waals surface area contributed by atoms with Crippen molar-refractivity contribution in [1.29, 1.82) is 0 Å². The summed E-state index contributed by atoms with van der Waals surface area (Å²) in [4.78, 5) is 31.7. The molecule has 0 spiro atoms. The number of carbonyl (C=O) groups is 1. The average molecular weight is 491 g/mol. The number of rotatable bonds is 7. The fourth-order valence-electron chi connectivity index (χ4n) is 3.93. The van der Waals surface area contributed by atoms with Crippen LogP contribution in [0.5, 0.6) is 5.75 Å². The van der Waals surface area contributed by atoms with Crippen LogP contribution in [0.4, 0.5) is 0 Å². The van der Waals surface area contributed by atoms with E-state index in [9.17, 15) is 9.59 Å². The molecule has 1 aromatic heterocycles. The first-order valence-electron chi connectivity index (χ1n) is 11.8. The maximum absolute atomic E-state index is 13.6. The predicted molar refractivity (Wildman–Crippen MR) is 138 cm³/mol. The highest BCUT2D eigenvalue weighted by molar-refractivity contribution is 7.07. The molecule has 0 amide bonds. The summed E-state index contributed by atoms with van der Waals surface area (Å²) in [5, 5.41) is 0. The van der Waals surface area contributed by atoms with Gasteiger partial charge in [0.1, 0.15) is 5.75 Å². The highest BCUT2D eigenvalue weighted by Gasteiger charge is 2.33. The number of allylic oxidation sites excluding steroid dienone is 1. The maximum Gasteiger partial charge on any atom is 0.338 e. The Morgan fingerprint density at radius 3 is 2.43 bits per heavy atom. The number of hydrogen-bond acceptors (Lipinski definition) is 6. The minimum absolute atomic E-state index is 0.186. The van der Waals surface area contributed by atoms with Crippen molar-refractivity contribution in [3.05, 3.63) is 96.2 Å². The van der Waals surface area contributed by atoms with Crippen LogP contribution in [0.2, 0.25) is 0 Å². The first-order chi connectivity index (χ1) is 16.8. The first-order valence-corrected chi connectivity index (χ1v) is 12.6. The van der Waals surface area contributed by atoms with E-state index in [2.05, 4.69) is 18.8 Å². The number of nitrogens with zero attached hydrogens (tertiary/aromatic N) is 2. The van der Waals surface area contributed by atoms with Gasteiger partial charge in [-0.1, -0.05) is 67.1 Å². The molecule has 182 valence electrons. The molecule has 0 saturated heterocycles. The number of aromatic nitrogens is 1. The van der Waals surface area contributed by atoms with Crippen molar-refractivity contribution in [2.75, 3.05) is 13.2 Å². The standard InChI is InChI=1S/C28H30N2O4S/c1-6-33-27(32)24-19(5)29-28-30(25(24)21-11-7-18(4)8-12-21)26(31)23(35-28)15-20-9-13-22(14-10-20)34-16-17(2)3/h7-15,17,25H,6,16H2,1-5H3/b23-15+/t25-/m1/s1. The minimum atomic E-state index is -0.597. The number of thiazole rings is 1. The van der Waals surface area contributed by atoms with Gasteiger partial charge in [0.15, 0.2) is 4.80 Å². The lowest BCUT2D eigenvalue weighted by Gasteiger charge is -2.24. The molecule has 0 fully saturated rings. The van der Waals surface area contributed by atoms with Gasteiger partial charge in [-0.15, -0.1) is 0 Å². The van der Waals surface area contributed by atoms with Gasteiger partial charge in [0, 0.05) is 0 Å². The van der Waals surface area contributed by atoms with Crippen molar-refractivity contribution in [3.63, 3.8) is 0 Å². The van der Waals surface area contributed by atoms with Crippen LogP contribution in [-0.2, 0) is 9.53 Å². The fourth-order valence-corrected chi connectivity index (χ4v) is 4.98. The molecule has 0 aliphatic carbocycles. The summed E-state index contributed by atoms with van der Waals surface area (Å²) in [5.74, 6) is 0.789. The van der Waals surface area contributed by atoms with Gasteiger partial charge in [-0.3, -0.25) is 9.36 Å². The molecule has 0 unspecified atom stereocenters. The monoisotopic (exact) mass is 490 g/mol. The summed E-state index contributed by atoms with van der Waals surface area (Å²) < 4.78 is 13.3. The second-order valence-corrected chi connectivity index (χ2v) is 10.00. The molecule has 7 heteroatoms. The molecule has 2 aromatic carbocycles. The zero-order valence-electron chi connectivity index (χ0n) is 20.7. The molecule has 6 nitrogen and oxygen atoms in total. The number of benzene rings is 2. The summed E-state index contributed by atoms with van der Waals surface area (Å²) in [5.41, 5.74) is 3.59. The van der Waals surface area contributed by atoms with Crippen LogP contribution >= 0.6 is 11.3 Å². The van der Waals surface area contributed by atoms with Crippen molar-refractivity contribution < 1.29 is 14.3 Å². The number of hydrogen-bond donors (Lipinski definition) is 0. The highest BCUT2D eigenvalue weighted by atomic mass is 32.1. The average Bonchev–Trinajstić information content (AvgIpc) is 3.12. The van der Waals surface area contributed by atoms with Crippen molar-refractivity contribution in [2.45, 2.75) is 40.7 Å². The Kier molecular flexibility index (Phi) is 7.36. The Bertz CT molecular complexity index is 1430. The second-order valence-electron chi connectivity index (χ2n) is 8.99. The van der Waals surface area contributed by atoms with E-state index < -0.39 is 12.0 Å². The summed E-state index contributed by atoms with van der Waals surface area (Å²) in [6.07, 6.45) is 1.85. The Morgan fingerprint density at radius 2 is 1.80 bits per heavy atom. The third kappa shape index (κ3) is 5.30. The molecule has 0 N–H and O–H groups in total. The van der Waals surface area contributed by atoms with Gasteiger partial charge in [0.2, 0.25) is 0 Å². The van der Waals surface area contributed by atoms with Crippen LogP contribution in [0, 0.1) is 12.8 Å². The molecule has 1 aliphatic heterocycles. The normalized spacial score (nSPS) is 15.7. The smallest absolute Gasteiger partial charge is 0.338 e. The van der Waals surface area contributed by atoms with Crippen LogP contribution in [0.1, 0.15) is 50.4 Å². The van der Waals surface area contributed by atoms with E-state index in [4.69, 9.17) is 9.47 Å². The van der Waals surface area contributed by atoms with E-state index in [1.54, 1.807) is 18.4 Å². The van der Waals surface area contributed by atoms with E-state index in [0.29, 0.717) is 33.1 Å². The summed E-state index contributed by atoms with van der Waals surface area (Å²) in [6.45, 7) is 10.7. The summed E-state index contributed by atoms with van der Waals surface area (Å²) in [7, 11) is 0.